The first-order chi connectivity index (χ1) is 1.91. The van der Waals surface area contributed by atoms with E-state index in [9.17, 15) is 0 Å². The molecule has 0 N–H and O–H groups in total. The van der Waals surface area contributed by atoms with Crippen molar-refractivity contribution in [1.82, 2.24) is 0 Å². The molecule has 5 heavy (non-hydrogen) atoms. The second-order valence-corrected chi connectivity index (χ2v) is 1.44. The van der Waals surface area contributed by atoms with Crippen LogP contribution in [0.2, 0.25) is 0 Å². The van der Waals surface area contributed by atoms with Gasteiger partial charge in [0.15, 0.2) is 0 Å². The van der Waals surface area contributed by atoms with Crippen LogP contribution in [0.5, 0.6) is 0 Å². The van der Waals surface area contributed by atoms with Gasteiger partial charge in [0.2, 0.25) is 0 Å². The van der Waals surface area contributed by atoms with E-state index in [4.69, 9.17) is 0 Å². The topological polar surface area (TPSA) is 0 Å². The predicted molar refractivity (Wildman–Crippen MR) is 28.6 cm³/mol. The van der Waals surface area contributed by atoms with E-state index in [2.05, 4.69) is 33.9 Å². The summed E-state index contributed by atoms with van der Waals surface area (Å²) in [6, 6.07) is 0. The molecule has 0 heterocycles. The standard InChI is InChI=1S/C3H6I.Zn/c1-2-3-4;/h3H,2H2,1H3;/q-1;. The van der Waals surface area contributed by atoms with Crippen LogP contribution < -0.4 is 0 Å². The Morgan fingerprint density at radius 2 is 2.00 bits per heavy atom. The summed E-state index contributed by atoms with van der Waals surface area (Å²) < 4.78 is 2.09. The molecule has 0 rings (SSSR count). The number of hydrogen-bond donors (Lipinski definition) is 0. The fourth-order valence-corrected chi connectivity index (χ4v) is 0. The van der Waals surface area contributed by atoms with E-state index in [1.807, 2.05) is 0 Å². The molecule has 28 valence electrons. The molecular weight excluding hydrogens is 228 g/mol. The van der Waals surface area contributed by atoms with Crippen molar-refractivity contribution in [3.05, 3.63) is 4.43 Å². The van der Waals surface area contributed by atoms with Crippen molar-refractivity contribution in [2.24, 2.45) is 0 Å². The Hall–Kier alpha value is 1.35. The Labute approximate surface area is 59.6 Å². The molecule has 0 aromatic heterocycles. The summed E-state index contributed by atoms with van der Waals surface area (Å²) in [7, 11) is 0. The van der Waals surface area contributed by atoms with Gasteiger partial charge in [0, 0.05) is 19.5 Å². The van der Waals surface area contributed by atoms with E-state index < -0.39 is 0 Å². The molecule has 0 amide bonds. The fraction of sp³-hybridized carbons (Fsp3) is 0.667. The van der Waals surface area contributed by atoms with Gasteiger partial charge >= 0.3 is 0 Å². The van der Waals surface area contributed by atoms with Crippen molar-refractivity contribution in [2.75, 3.05) is 0 Å². The Balaban J connectivity index is 0. The smallest absolute Gasteiger partial charge is 0 e. The molecule has 0 saturated carbocycles. The maximum absolute atomic E-state index is 2.23. The van der Waals surface area contributed by atoms with Gasteiger partial charge in [-0.1, -0.05) is 6.92 Å². The van der Waals surface area contributed by atoms with Gasteiger partial charge in [0.05, 0.1) is 0 Å². The Morgan fingerprint density at radius 3 is 2.00 bits per heavy atom. The minimum atomic E-state index is 0. The molecule has 0 aliphatic heterocycles. The van der Waals surface area contributed by atoms with Gasteiger partial charge in [-0.3, -0.25) is 4.43 Å². The average molecular weight is 234 g/mol. The summed E-state index contributed by atoms with van der Waals surface area (Å²) in [4.78, 5) is 0. The van der Waals surface area contributed by atoms with Gasteiger partial charge < -0.3 is 22.6 Å². The molecule has 0 aliphatic rings. The van der Waals surface area contributed by atoms with E-state index >= 15 is 0 Å². The van der Waals surface area contributed by atoms with Crippen molar-refractivity contribution in [1.29, 1.82) is 0 Å². The molecule has 0 fully saturated rings. The molecule has 0 atom stereocenters. The van der Waals surface area contributed by atoms with Crippen LogP contribution in [-0.2, 0) is 19.5 Å². The largest absolute Gasteiger partial charge is 0.316 e. The second-order valence-electron chi connectivity index (χ2n) is 0.563. The molecule has 0 saturated heterocycles. The monoisotopic (exact) mass is 233 g/mol. The van der Waals surface area contributed by atoms with Crippen LogP contribution in [0.1, 0.15) is 13.3 Å². The second kappa shape index (κ2) is 9.02. The van der Waals surface area contributed by atoms with Gasteiger partial charge in [-0.05, 0) is 0 Å². The van der Waals surface area contributed by atoms with E-state index in [1.165, 1.54) is 6.42 Å². The normalized spacial score (nSPS) is 6.00. The molecule has 0 aromatic carbocycles. The van der Waals surface area contributed by atoms with Crippen LogP contribution >= 0.6 is 22.6 Å². The Bertz CT molecular complexity index is 8.85. The van der Waals surface area contributed by atoms with Gasteiger partial charge in [-0.25, -0.2) is 0 Å². The van der Waals surface area contributed by atoms with Crippen molar-refractivity contribution >= 4 is 22.6 Å². The minimum Gasteiger partial charge on any atom is -0.316 e. The van der Waals surface area contributed by atoms with Crippen molar-refractivity contribution in [2.45, 2.75) is 13.3 Å². The van der Waals surface area contributed by atoms with Crippen LogP contribution in [-0.4, -0.2) is 0 Å². The maximum atomic E-state index is 2.23. The zero-order valence-electron chi connectivity index (χ0n) is 3.37. The molecule has 2 heteroatoms. The van der Waals surface area contributed by atoms with Crippen LogP contribution in [0.3, 0.4) is 0 Å². The zero-order valence-corrected chi connectivity index (χ0v) is 8.49. The quantitative estimate of drug-likeness (QED) is 0.370. The third-order valence-electron chi connectivity index (χ3n) is 0.154. The zero-order chi connectivity index (χ0) is 3.41. The van der Waals surface area contributed by atoms with Gasteiger partial charge in [-0.2, -0.15) is 6.42 Å². The summed E-state index contributed by atoms with van der Waals surface area (Å²) in [6.07, 6.45) is 1.18. The van der Waals surface area contributed by atoms with Crippen LogP contribution in [0.25, 0.3) is 0 Å². The number of hydrogen-bond acceptors (Lipinski definition) is 0. The van der Waals surface area contributed by atoms with E-state index in [0.29, 0.717) is 0 Å². The van der Waals surface area contributed by atoms with Crippen molar-refractivity contribution in [3.63, 3.8) is 0 Å². The first-order valence-corrected chi connectivity index (χ1v) is 2.58. The van der Waals surface area contributed by atoms with Crippen LogP contribution in [0, 0.1) is 4.43 Å². The molecule has 0 spiro atoms. The molecule has 0 nitrogen and oxygen atoms in total. The van der Waals surface area contributed by atoms with Crippen molar-refractivity contribution in [3.8, 4) is 0 Å². The molecule has 0 aliphatic carbocycles. The summed E-state index contributed by atoms with van der Waals surface area (Å²) in [5.74, 6) is 0. The summed E-state index contributed by atoms with van der Waals surface area (Å²) in [6.45, 7) is 2.12. The van der Waals surface area contributed by atoms with Crippen LogP contribution in [0.4, 0.5) is 0 Å². The first kappa shape index (κ1) is 9.61. The Kier molecular flexibility index (Phi) is 17.3. The first-order valence-electron chi connectivity index (χ1n) is 1.33. The Morgan fingerprint density at radius 1 is 1.80 bits per heavy atom. The third kappa shape index (κ3) is 10.9. The molecular formula is C3H6IZn-. The summed E-state index contributed by atoms with van der Waals surface area (Å²) in [5.41, 5.74) is 0. The fourth-order valence-electron chi connectivity index (χ4n) is 0. The van der Waals surface area contributed by atoms with Gasteiger partial charge in [0.1, 0.15) is 0 Å². The van der Waals surface area contributed by atoms with E-state index in [0.717, 1.165) is 0 Å². The molecule has 0 aromatic rings. The molecule has 0 unspecified atom stereocenters. The molecule has 0 radical (unpaired) electrons. The van der Waals surface area contributed by atoms with E-state index in [1.54, 1.807) is 0 Å². The van der Waals surface area contributed by atoms with Gasteiger partial charge in [0.25, 0.3) is 0 Å². The van der Waals surface area contributed by atoms with E-state index in [-0.39, 0.29) is 19.5 Å². The van der Waals surface area contributed by atoms with Crippen LogP contribution in [0.15, 0.2) is 0 Å². The average Bonchev–Trinajstić information content (AvgIpc) is 1.37. The SMILES string of the molecule is CC[CH-]I.[Zn]. The third-order valence-corrected chi connectivity index (χ3v) is 1.04. The number of halogens is 1. The maximum Gasteiger partial charge on any atom is 0 e. The summed E-state index contributed by atoms with van der Waals surface area (Å²) >= 11 is 2.23. The van der Waals surface area contributed by atoms with Crippen molar-refractivity contribution < 1.29 is 19.5 Å². The number of rotatable bonds is 1. The minimum absolute atomic E-state index is 0. The summed E-state index contributed by atoms with van der Waals surface area (Å²) in [5, 5.41) is 0. The van der Waals surface area contributed by atoms with Gasteiger partial charge in [-0.15, -0.1) is 0 Å². The molecule has 0 bridgehead atoms. The predicted octanol–water partition coefficient (Wildman–Crippen LogP) is 1.99.